The number of nitrogen functional groups attached to an aromatic ring is 1. The summed E-state index contributed by atoms with van der Waals surface area (Å²) in [7, 11) is 1.40. The molecule has 0 bridgehead atoms. The molecule has 164 valence electrons. The quantitative estimate of drug-likeness (QED) is 0.313. The first kappa shape index (κ1) is 22.5. The number of methoxy groups -OCH3 is 1. The Bertz CT molecular complexity index is 1260. The molecule has 3 aromatic rings. The number of halogens is 3. The number of fused-ring (bicyclic) bond motifs is 1. The van der Waals surface area contributed by atoms with Gasteiger partial charge in [-0.3, -0.25) is 19.1 Å². The van der Waals surface area contributed by atoms with Gasteiger partial charge in [-0.2, -0.15) is 13.2 Å². The lowest BCUT2D eigenvalue weighted by Crippen LogP contribution is -2.37. The number of nitrogens with two attached hydrogens (primary N) is 1. The fourth-order valence-electron chi connectivity index (χ4n) is 2.75. The second-order valence-electron chi connectivity index (χ2n) is 6.24. The zero-order chi connectivity index (χ0) is 22.8. The maximum Gasteiger partial charge on any atom is 0.451 e. The van der Waals surface area contributed by atoms with E-state index < -0.39 is 40.3 Å². The van der Waals surface area contributed by atoms with E-state index in [1.54, 1.807) is 6.07 Å². The first-order valence-electron chi connectivity index (χ1n) is 8.75. The van der Waals surface area contributed by atoms with Crippen LogP contribution in [0.5, 0.6) is 0 Å². The van der Waals surface area contributed by atoms with Crippen molar-refractivity contribution in [1.29, 1.82) is 0 Å². The molecule has 1 aromatic carbocycles. The average molecular weight is 455 g/mol. The Morgan fingerprint density at radius 3 is 2.65 bits per heavy atom. The number of ketones is 1. The van der Waals surface area contributed by atoms with Crippen LogP contribution in [0.25, 0.3) is 10.9 Å². The van der Waals surface area contributed by atoms with E-state index >= 15 is 0 Å². The van der Waals surface area contributed by atoms with E-state index in [0.29, 0.717) is 17.1 Å². The fourth-order valence-corrected chi connectivity index (χ4v) is 3.64. The van der Waals surface area contributed by atoms with Crippen LogP contribution in [-0.2, 0) is 17.5 Å². The van der Waals surface area contributed by atoms with Crippen molar-refractivity contribution < 1.29 is 22.7 Å². The molecule has 2 aromatic heterocycles. The zero-order valence-electron chi connectivity index (χ0n) is 16.0. The summed E-state index contributed by atoms with van der Waals surface area (Å²) >= 11 is 0.707. The molecule has 9 nitrogen and oxygen atoms in total. The number of carbonyl (C=O) groups is 1. The van der Waals surface area contributed by atoms with Crippen molar-refractivity contribution in [2.24, 2.45) is 0 Å². The van der Waals surface area contributed by atoms with Gasteiger partial charge >= 0.3 is 11.9 Å². The number of carbonyl (C=O) groups excluding carboxylic acids is 1. The number of hydrogen-bond acceptors (Lipinski definition) is 8. The highest BCUT2D eigenvalue weighted by Gasteiger charge is 2.35. The Morgan fingerprint density at radius 1 is 1.26 bits per heavy atom. The number of aromatic amines is 1. The van der Waals surface area contributed by atoms with E-state index in [2.05, 4.69) is 9.97 Å². The van der Waals surface area contributed by atoms with Crippen molar-refractivity contribution in [3.63, 3.8) is 0 Å². The van der Waals surface area contributed by atoms with Gasteiger partial charge in [-0.25, -0.2) is 14.8 Å². The number of alkyl halides is 3. The third kappa shape index (κ3) is 4.77. The SMILES string of the molecule is COCCn1c(N)c(C(=O)CSc2nc(C(F)(F)F)nc3ccccc23)c(=O)[nH]c1=O. The normalized spacial score (nSPS) is 11.7. The van der Waals surface area contributed by atoms with Crippen LogP contribution >= 0.6 is 11.8 Å². The van der Waals surface area contributed by atoms with Crippen molar-refractivity contribution in [1.82, 2.24) is 19.5 Å². The van der Waals surface area contributed by atoms with E-state index in [0.717, 1.165) is 4.57 Å². The summed E-state index contributed by atoms with van der Waals surface area (Å²) in [4.78, 5) is 45.8. The fraction of sp³-hybridized carbons (Fsp3) is 0.278. The van der Waals surface area contributed by atoms with E-state index in [4.69, 9.17) is 10.5 Å². The number of H-pyrrole nitrogens is 1. The van der Waals surface area contributed by atoms with Crippen molar-refractivity contribution in [3.05, 3.63) is 56.5 Å². The number of nitrogens with zero attached hydrogens (tertiary/aromatic N) is 3. The van der Waals surface area contributed by atoms with Crippen molar-refractivity contribution in [3.8, 4) is 0 Å². The highest BCUT2D eigenvalue weighted by Crippen LogP contribution is 2.32. The number of Topliss-reactive ketones (excluding diaryl/α,β-unsaturated/α-hetero) is 1. The molecule has 0 saturated heterocycles. The summed E-state index contributed by atoms with van der Waals surface area (Å²) in [6, 6.07) is 6.04. The molecule has 0 aliphatic heterocycles. The first-order chi connectivity index (χ1) is 14.6. The molecule has 3 rings (SSSR count). The van der Waals surface area contributed by atoms with Crippen LogP contribution in [0.4, 0.5) is 19.0 Å². The number of nitrogens with one attached hydrogen (secondary N) is 1. The van der Waals surface area contributed by atoms with Crippen LogP contribution in [0, 0.1) is 0 Å². The maximum absolute atomic E-state index is 13.1. The minimum absolute atomic E-state index is 0.00312. The third-order valence-electron chi connectivity index (χ3n) is 4.20. The number of thioether (sulfide) groups is 1. The molecular formula is C18H16F3N5O4S. The van der Waals surface area contributed by atoms with Gasteiger partial charge in [0.2, 0.25) is 5.82 Å². The number of benzene rings is 1. The standard InChI is InChI=1S/C18H16F3N5O4S/c1-30-7-6-26-13(22)12(14(28)24-17(26)29)11(27)8-31-15-9-4-2-3-5-10(9)23-16(25-15)18(19,20)21/h2-5H,6-8,22H2,1H3,(H,24,28,29). The average Bonchev–Trinajstić information content (AvgIpc) is 2.70. The van der Waals surface area contributed by atoms with E-state index in [1.807, 2.05) is 4.98 Å². The zero-order valence-corrected chi connectivity index (χ0v) is 16.8. The monoisotopic (exact) mass is 455 g/mol. The van der Waals surface area contributed by atoms with Gasteiger partial charge in [-0.05, 0) is 6.07 Å². The highest BCUT2D eigenvalue weighted by molar-refractivity contribution is 8.00. The summed E-state index contributed by atoms with van der Waals surface area (Å²) < 4.78 is 45.3. The molecule has 0 aliphatic carbocycles. The summed E-state index contributed by atoms with van der Waals surface area (Å²) in [5.74, 6) is -2.90. The lowest BCUT2D eigenvalue weighted by atomic mass is 10.2. The van der Waals surface area contributed by atoms with E-state index in [1.165, 1.54) is 25.3 Å². The second-order valence-corrected chi connectivity index (χ2v) is 7.21. The number of hydrogen-bond donors (Lipinski definition) is 2. The van der Waals surface area contributed by atoms with Gasteiger partial charge in [0.05, 0.1) is 24.4 Å². The maximum atomic E-state index is 13.1. The minimum atomic E-state index is -4.78. The molecule has 0 aliphatic rings. The Kier molecular flexibility index (Phi) is 6.45. The number of aromatic nitrogens is 4. The van der Waals surface area contributed by atoms with Crippen molar-refractivity contribution >= 4 is 34.3 Å². The number of para-hydroxylation sites is 1. The number of anilines is 1. The van der Waals surface area contributed by atoms with Crippen LogP contribution in [-0.4, -0.2) is 44.8 Å². The summed E-state index contributed by atoms with van der Waals surface area (Å²) in [5, 5.41) is 0.245. The molecule has 13 heteroatoms. The number of rotatable bonds is 7. The summed E-state index contributed by atoms with van der Waals surface area (Å²) in [6.45, 7) is 0.0997. The van der Waals surface area contributed by atoms with Crippen LogP contribution in [0.3, 0.4) is 0 Å². The molecule has 0 amide bonds. The van der Waals surface area contributed by atoms with Gasteiger partial charge in [0.15, 0.2) is 5.78 Å². The first-order valence-corrected chi connectivity index (χ1v) is 9.73. The Hall–Kier alpha value is -3.19. The molecule has 0 unspecified atom stereocenters. The molecule has 0 saturated carbocycles. The molecule has 3 N–H and O–H groups in total. The van der Waals surface area contributed by atoms with Gasteiger partial charge in [-0.15, -0.1) is 0 Å². The third-order valence-corrected chi connectivity index (χ3v) is 5.19. The van der Waals surface area contributed by atoms with Crippen LogP contribution in [0.2, 0.25) is 0 Å². The van der Waals surface area contributed by atoms with Crippen molar-refractivity contribution in [2.75, 3.05) is 25.2 Å². The predicted molar refractivity (Wildman–Crippen MR) is 107 cm³/mol. The van der Waals surface area contributed by atoms with E-state index in [9.17, 15) is 27.6 Å². The Morgan fingerprint density at radius 2 is 1.97 bits per heavy atom. The Labute approximate surface area is 176 Å². The smallest absolute Gasteiger partial charge is 0.384 e. The molecular weight excluding hydrogens is 439 g/mol. The lowest BCUT2D eigenvalue weighted by Gasteiger charge is -2.12. The second kappa shape index (κ2) is 8.89. The van der Waals surface area contributed by atoms with Crippen LogP contribution < -0.4 is 17.0 Å². The van der Waals surface area contributed by atoms with Gasteiger partial charge in [0.25, 0.3) is 5.56 Å². The molecule has 0 atom stereocenters. The van der Waals surface area contributed by atoms with Gasteiger partial charge in [-0.1, -0.05) is 30.0 Å². The predicted octanol–water partition coefficient (Wildman–Crippen LogP) is 1.70. The minimum Gasteiger partial charge on any atom is -0.384 e. The molecule has 0 spiro atoms. The Balaban J connectivity index is 1.95. The lowest BCUT2D eigenvalue weighted by molar-refractivity contribution is -0.145. The van der Waals surface area contributed by atoms with Crippen LogP contribution in [0.15, 0.2) is 38.9 Å². The van der Waals surface area contributed by atoms with Crippen LogP contribution in [0.1, 0.15) is 16.2 Å². The van der Waals surface area contributed by atoms with Gasteiger partial charge in [0.1, 0.15) is 16.4 Å². The van der Waals surface area contributed by atoms with Gasteiger partial charge in [0, 0.05) is 12.5 Å². The number of ether oxygens (including phenoxy) is 1. The molecule has 0 fully saturated rings. The van der Waals surface area contributed by atoms with E-state index in [-0.39, 0.29) is 29.5 Å². The highest BCUT2D eigenvalue weighted by atomic mass is 32.2. The largest absolute Gasteiger partial charge is 0.451 e. The molecule has 0 radical (unpaired) electrons. The topological polar surface area (TPSA) is 133 Å². The summed E-state index contributed by atoms with van der Waals surface area (Å²) in [5.41, 5.74) is 3.66. The molecule has 2 heterocycles. The molecule has 31 heavy (non-hydrogen) atoms. The summed E-state index contributed by atoms with van der Waals surface area (Å²) in [6.07, 6.45) is -4.78. The van der Waals surface area contributed by atoms with Crippen molar-refractivity contribution in [2.45, 2.75) is 17.7 Å². The van der Waals surface area contributed by atoms with Gasteiger partial charge < -0.3 is 10.5 Å².